The third-order valence-electron chi connectivity index (χ3n) is 2.75. The molecule has 0 radical (unpaired) electrons. The van der Waals surface area contributed by atoms with E-state index in [2.05, 4.69) is 5.32 Å². The van der Waals surface area contributed by atoms with Gasteiger partial charge < -0.3 is 10.1 Å². The van der Waals surface area contributed by atoms with Gasteiger partial charge in [-0.05, 0) is 19.9 Å². The van der Waals surface area contributed by atoms with Crippen molar-refractivity contribution in [2.24, 2.45) is 0 Å². The Morgan fingerprint density at radius 3 is 2.53 bits per heavy atom. The predicted molar refractivity (Wildman–Crippen MR) is 59.3 cm³/mol. The van der Waals surface area contributed by atoms with Gasteiger partial charge in [-0.1, -0.05) is 0 Å². The van der Waals surface area contributed by atoms with Crippen LogP contribution in [-0.2, 0) is 14.8 Å². The molecule has 1 aliphatic heterocycles. The second-order valence-electron chi connectivity index (χ2n) is 3.78. The van der Waals surface area contributed by atoms with Crippen LogP contribution in [0.5, 0.6) is 0 Å². The van der Waals surface area contributed by atoms with Crippen molar-refractivity contribution < 1.29 is 13.2 Å². The minimum atomic E-state index is -3.11. The Balaban J connectivity index is 2.53. The van der Waals surface area contributed by atoms with Gasteiger partial charge in [-0.2, -0.15) is 0 Å². The maximum atomic E-state index is 11.8. The monoisotopic (exact) mass is 236 g/mol. The van der Waals surface area contributed by atoms with Crippen LogP contribution < -0.4 is 5.32 Å². The Morgan fingerprint density at radius 2 is 2.00 bits per heavy atom. The first kappa shape index (κ1) is 12.9. The summed E-state index contributed by atoms with van der Waals surface area (Å²) in [7, 11) is 0.315. The molecule has 1 heterocycles. The van der Waals surface area contributed by atoms with Crippen LogP contribution in [0.3, 0.4) is 0 Å². The molecule has 0 bridgehead atoms. The topological polar surface area (TPSA) is 58.6 Å². The highest BCUT2D eigenvalue weighted by atomic mass is 32.2. The molecule has 1 saturated heterocycles. The van der Waals surface area contributed by atoms with E-state index in [0.717, 1.165) is 12.8 Å². The second kappa shape index (κ2) is 5.79. The predicted octanol–water partition coefficient (Wildman–Crippen LogP) is -0.354. The van der Waals surface area contributed by atoms with Crippen molar-refractivity contribution in [1.82, 2.24) is 9.62 Å². The van der Waals surface area contributed by atoms with Gasteiger partial charge in [-0.3, -0.25) is 0 Å². The lowest BCUT2D eigenvalue weighted by atomic mass is 10.1. The van der Waals surface area contributed by atoms with Gasteiger partial charge in [0.1, 0.15) is 0 Å². The van der Waals surface area contributed by atoms with Crippen molar-refractivity contribution >= 4 is 10.0 Å². The number of hydrogen-bond donors (Lipinski definition) is 1. The molecule has 0 aliphatic carbocycles. The Labute approximate surface area is 91.8 Å². The minimum absolute atomic E-state index is 0.112. The number of hydrogen-bond acceptors (Lipinski definition) is 4. The van der Waals surface area contributed by atoms with E-state index in [0.29, 0.717) is 19.8 Å². The van der Waals surface area contributed by atoms with Crippen LogP contribution in [0.1, 0.15) is 12.8 Å². The zero-order chi connectivity index (χ0) is 11.3. The van der Waals surface area contributed by atoms with Gasteiger partial charge in [-0.15, -0.1) is 0 Å². The average Bonchev–Trinajstić information content (AvgIpc) is 2.26. The lowest BCUT2D eigenvalue weighted by Gasteiger charge is -2.30. The van der Waals surface area contributed by atoms with Crippen molar-refractivity contribution in [2.75, 3.05) is 39.6 Å². The van der Waals surface area contributed by atoms with Gasteiger partial charge in [0, 0.05) is 32.8 Å². The van der Waals surface area contributed by atoms with Crippen LogP contribution in [0.25, 0.3) is 0 Å². The number of rotatable bonds is 5. The van der Waals surface area contributed by atoms with Gasteiger partial charge >= 0.3 is 0 Å². The summed E-state index contributed by atoms with van der Waals surface area (Å²) < 4.78 is 30.4. The summed E-state index contributed by atoms with van der Waals surface area (Å²) in [5.74, 6) is 0.164. The average molecular weight is 236 g/mol. The molecule has 0 amide bonds. The van der Waals surface area contributed by atoms with Crippen LogP contribution >= 0.6 is 0 Å². The first-order valence-corrected chi connectivity index (χ1v) is 6.87. The van der Waals surface area contributed by atoms with E-state index in [-0.39, 0.29) is 11.8 Å². The van der Waals surface area contributed by atoms with E-state index >= 15 is 0 Å². The number of sulfonamides is 1. The van der Waals surface area contributed by atoms with E-state index in [1.165, 1.54) is 4.31 Å². The number of nitrogens with one attached hydrogen (secondary N) is 1. The molecule has 1 fully saturated rings. The maximum Gasteiger partial charge on any atom is 0.215 e. The zero-order valence-electron chi connectivity index (χ0n) is 9.40. The highest BCUT2D eigenvalue weighted by Gasteiger charge is 2.27. The van der Waals surface area contributed by atoms with Crippen LogP contribution in [-0.4, -0.2) is 58.4 Å². The van der Waals surface area contributed by atoms with Crippen LogP contribution in [0.4, 0.5) is 0 Å². The lowest BCUT2D eigenvalue weighted by molar-refractivity contribution is 0.0632. The second-order valence-corrected chi connectivity index (χ2v) is 5.93. The van der Waals surface area contributed by atoms with Crippen molar-refractivity contribution in [3.05, 3.63) is 0 Å². The molecule has 0 unspecified atom stereocenters. The Kier molecular flexibility index (Phi) is 4.98. The van der Waals surface area contributed by atoms with Crippen molar-refractivity contribution in [2.45, 2.75) is 18.9 Å². The SMILES string of the molecule is CNCCS(=O)(=O)N(C)C1CCOCC1. The summed E-state index contributed by atoms with van der Waals surface area (Å²) in [4.78, 5) is 0. The molecule has 1 aliphatic rings. The molecular weight excluding hydrogens is 216 g/mol. The summed E-state index contributed by atoms with van der Waals surface area (Å²) in [6.45, 7) is 1.82. The van der Waals surface area contributed by atoms with Crippen LogP contribution in [0, 0.1) is 0 Å². The van der Waals surface area contributed by atoms with Crippen LogP contribution in [0.15, 0.2) is 0 Å². The third kappa shape index (κ3) is 3.71. The van der Waals surface area contributed by atoms with Crippen molar-refractivity contribution in [1.29, 1.82) is 0 Å². The first-order valence-electron chi connectivity index (χ1n) is 5.26. The molecular formula is C9H20N2O3S. The van der Waals surface area contributed by atoms with Gasteiger partial charge in [-0.25, -0.2) is 12.7 Å². The van der Waals surface area contributed by atoms with E-state index in [1.807, 2.05) is 0 Å². The maximum absolute atomic E-state index is 11.8. The highest BCUT2D eigenvalue weighted by molar-refractivity contribution is 7.89. The normalized spacial score (nSPS) is 19.7. The van der Waals surface area contributed by atoms with Gasteiger partial charge in [0.05, 0.1) is 5.75 Å². The Hall–Kier alpha value is -0.170. The molecule has 1 N–H and O–H groups in total. The van der Waals surface area contributed by atoms with Gasteiger partial charge in [0.2, 0.25) is 10.0 Å². The van der Waals surface area contributed by atoms with Crippen molar-refractivity contribution in [3.63, 3.8) is 0 Å². The molecule has 0 aromatic rings. The molecule has 90 valence electrons. The quantitative estimate of drug-likeness (QED) is 0.708. The first-order chi connectivity index (χ1) is 7.08. The van der Waals surface area contributed by atoms with E-state index in [4.69, 9.17) is 4.74 Å². The smallest absolute Gasteiger partial charge is 0.215 e. The largest absolute Gasteiger partial charge is 0.381 e. The number of ether oxygens (including phenoxy) is 1. The molecule has 6 heteroatoms. The molecule has 5 nitrogen and oxygen atoms in total. The molecule has 0 spiro atoms. The zero-order valence-corrected chi connectivity index (χ0v) is 10.2. The summed E-state index contributed by atoms with van der Waals surface area (Å²) in [6, 6.07) is 0.112. The fraction of sp³-hybridized carbons (Fsp3) is 1.00. The van der Waals surface area contributed by atoms with Gasteiger partial charge in [0.25, 0.3) is 0 Å². The van der Waals surface area contributed by atoms with E-state index in [9.17, 15) is 8.42 Å². The number of nitrogens with zero attached hydrogens (tertiary/aromatic N) is 1. The molecule has 0 saturated carbocycles. The summed E-state index contributed by atoms with van der Waals surface area (Å²) in [5.41, 5.74) is 0. The highest BCUT2D eigenvalue weighted by Crippen LogP contribution is 2.15. The lowest BCUT2D eigenvalue weighted by Crippen LogP contribution is -2.42. The third-order valence-corrected chi connectivity index (χ3v) is 4.65. The molecule has 0 atom stereocenters. The molecule has 0 aromatic carbocycles. The fourth-order valence-corrected chi connectivity index (χ4v) is 3.07. The standard InChI is InChI=1S/C9H20N2O3S/c1-10-5-8-15(12,13)11(2)9-3-6-14-7-4-9/h9-10H,3-8H2,1-2H3. The minimum Gasteiger partial charge on any atom is -0.381 e. The Bertz CT molecular complexity index is 273. The van der Waals surface area contributed by atoms with Crippen molar-refractivity contribution in [3.8, 4) is 0 Å². The summed E-state index contributed by atoms with van der Waals surface area (Å²) in [6.07, 6.45) is 1.60. The van der Waals surface area contributed by atoms with Crippen LogP contribution in [0.2, 0.25) is 0 Å². The Morgan fingerprint density at radius 1 is 1.40 bits per heavy atom. The van der Waals surface area contributed by atoms with E-state index in [1.54, 1.807) is 14.1 Å². The molecule has 1 rings (SSSR count). The fourth-order valence-electron chi connectivity index (χ4n) is 1.65. The summed E-state index contributed by atoms with van der Waals surface area (Å²) in [5, 5.41) is 2.85. The summed E-state index contributed by atoms with van der Waals surface area (Å²) >= 11 is 0. The van der Waals surface area contributed by atoms with E-state index < -0.39 is 10.0 Å². The molecule has 15 heavy (non-hydrogen) atoms. The van der Waals surface area contributed by atoms with Gasteiger partial charge in [0.15, 0.2) is 0 Å². The molecule has 0 aromatic heterocycles.